The van der Waals surface area contributed by atoms with Crippen molar-refractivity contribution in [1.82, 2.24) is 14.9 Å². The molecule has 0 aliphatic carbocycles. The molecule has 4 heteroatoms. The van der Waals surface area contributed by atoms with Crippen LogP contribution in [0.3, 0.4) is 0 Å². The topological polar surface area (TPSA) is 43.9 Å². The van der Waals surface area contributed by atoms with Gasteiger partial charge in [-0.15, -0.1) is 0 Å². The van der Waals surface area contributed by atoms with E-state index in [-0.39, 0.29) is 0 Å². The molecule has 0 saturated heterocycles. The van der Waals surface area contributed by atoms with Gasteiger partial charge in [0.2, 0.25) is 0 Å². The Bertz CT molecular complexity index is 455. The SMILES string of the molecule is CC(C)c1cc(C(C)C)on1.CC(C)c1cnn(C(C)C)c1. The van der Waals surface area contributed by atoms with Crippen molar-refractivity contribution in [1.29, 1.82) is 0 Å². The fraction of sp³-hybridized carbons (Fsp3) is 0.667. The molecule has 0 aliphatic heterocycles. The first-order valence-corrected chi connectivity index (χ1v) is 8.22. The minimum absolute atomic E-state index is 0.440. The van der Waals surface area contributed by atoms with Crippen LogP contribution < -0.4 is 0 Å². The van der Waals surface area contributed by atoms with E-state index in [0.29, 0.717) is 23.8 Å². The Hall–Kier alpha value is -1.58. The van der Waals surface area contributed by atoms with Crippen LogP contribution in [0.5, 0.6) is 0 Å². The first-order valence-electron chi connectivity index (χ1n) is 8.22. The molecule has 0 amide bonds. The van der Waals surface area contributed by atoms with E-state index in [4.69, 9.17) is 4.52 Å². The summed E-state index contributed by atoms with van der Waals surface area (Å²) in [5, 5.41) is 8.22. The number of nitrogens with zero attached hydrogens (tertiary/aromatic N) is 3. The molecule has 0 spiro atoms. The summed E-state index contributed by atoms with van der Waals surface area (Å²) < 4.78 is 7.13. The van der Waals surface area contributed by atoms with Crippen LogP contribution in [0, 0.1) is 0 Å². The van der Waals surface area contributed by atoms with Gasteiger partial charge in [-0.3, -0.25) is 4.68 Å². The number of aromatic nitrogens is 3. The highest BCUT2D eigenvalue weighted by Gasteiger charge is 2.09. The summed E-state index contributed by atoms with van der Waals surface area (Å²) in [6, 6.07) is 2.51. The molecule has 22 heavy (non-hydrogen) atoms. The smallest absolute Gasteiger partial charge is 0.139 e. The molecule has 2 aromatic heterocycles. The monoisotopic (exact) mass is 305 g/mol. The lowest BCUT2D eigenvalue weighted by molar-refractivity contribution is 0.363. The second-order valence-electron chi connectivity index (χ2n) is 6.97. The van der Waals surface area contributed by atoms with Crippen LogP contribution in [0.4, 0.5) is 0 Å². The molecule has 0 fully saturated rings. The average molecular weight is 305 g/mol. The number of hydrogen-bond acceptors (Lipinski definition) is 3. The maximum atomic E-state index is 5.14. The van der Waals surface area contributed by atoms with Gasteiger partial charge >= 0.3 is 0 Å². The quantitative estimate of drug-likeness (QED) is 0.748. The molecule has 0 aliphatic rings. The van der Waals surface area contributed by atoms with Gasteiger partial charge in [0.25, 0.3) is 0 Å². The van der Waals surface area contributed by atoms with E-state index >= 15 is 0 Å². The molecular weight excluding hydrogens is 274 g/mol. The van der Waals surface area contributed by atoms with Gasteiger partial charge in [-0.25, -0.2) is 0 Å². The van der Waals surface area contributed by atoms with Gasteiger partial charge in [0.15, 0.2) is 0 Å². The van der Waals surface area contributed by atoms with Crippen LogP contribution in [0.15, 0.2) is 23.0 Å². The Kier molecular flexibility index (Phi) is 6.85. The van der Waals surface area contributed by atoms with Gasteiger partial charge < -0.3 is 4.52 Å². The van der Waals surface area contributed by atoms with Crippen molar-refractivity contribution < 1.29 is 4.52 Å². The van der Waals surface area contributed by atoms with E-state index < -0.39 is 0 Å². The maximum absolute atomic E-state index is 5.14. The summed E-state index contributed by atoms with van der Waals surface area (Å²) in [7, 11) is 0. The molecule has 124 valence electrons. The van der Waals surface area contributed by atoms with Crippen molar-refractivity contribution in [3.8, 4) is 0 Å². The highest BCUT2D eigenvalue weighted by Crippen LogP contribution is 2.19. The van der Waals surface area contributed by atoms with Gasteiger partial charge in [-0.05, 0) is 31.2 Å². The van der Waals surface area contributed by atoms with Crippen LogP contribution in [0.25, 0.3) is 0 Å². The summed E-state index contributed by atoms with van der Waals surface area (Å²) in [6.45, 7) is 17.1. The Labute approximate surface area is 134 Å². The molecule has 0 N–H and O–H groups in total. The lowest BCUT2D eigenvalue weighted by Gasteiger charge is -2.03. The molecule has 2 rings (SSSR count). The van der Waals surface area contributed by atoms with Crippen molar-refractivity contribution in [3.05, 3.63) is 35.5 Å². The molecule has 2 heterocycles. The standard InChI is InChI=1S/C9H16N2.C9H15NO/c1-7(2)9-5-10-11(6-9)8(3)4;1-6(2)8-5-9(7(3)4)11-10-8/h5-8H,1-4H3;5-7H,1-4H3. The Morgan fingerprint density at radius 1 is 0.909 bits per heavy atom. The largest absolute Gasteiger partial charge is 0.361 e. The summed E-state index contributed by atoms with van der Waals surface area (Å²) in [5.74, 6) is 2.47. The highest BCUT2D eigenvalue weighted by molar-refractivity contribution is 5.11. The summed E-state index contributed by atoms with van der Waals surface area (Å²) in [6.07, 6.45) is 4.07. The molecule has 4 nitrogen and oxygen atoms in total. The van der Waals surface area contributed by atoms with Crippen molar-refractivity contribution in [3.63, 3.8) is 0 Å². The second-order valence-corrected chi connectivity index (χ2v) is 6.97. The molecule has 0 radical (unpaired) electrons. The normalized spacial score (nSPS) is 11.5. The molecule has 2 aromatic rings. The summed E-state index contributed by atoms with van der Waals surface area (Å²) >= 11 is 0. The van der Waals surface area contributed by atoms with E-state index in [1.165, 1.54) is 5.56 Å². The predicted octanol–water partition coefficient (Wildman–Crippen LogP) is 5.51. The van der Waals surface area contributed by atoms with Gasteiger partial charge in [-0.1, -0.05) is 46.7 Å². The maximum Gasteiger partial charge on any atom is 0.139 e. The van der Waals surface area contributed by atoms with Gasteiger partial charge in [-0.2, -0.15) is 5.10 Å². The molecule has 0 aromatic carbocycles. The fourth-order valence-electron chi connectivity index (χ4n) is 1.78. The van der Waals surface area contributed by atoms with E-state index in [2.05, 4.69) is 71.8 Å². The zero-order valence-corrected chi connectivity index (χ0v) is 15.3. The van der Waals surface area contributed by atoms with Crippen molar-refractivity contribution in [2.24, 2.45) is 0 Å². The van der Waals surface area contributed by atoms with Crippen molar-refractivity contribution in [2.75, 3.05) is 0 Å². The van der Waals surface area contributed by atoms with Crippen LogP contribution in [0.2, 0.25) is 0 Å². The highest BCUT2D eigenvalue weighted by atomic mass is 16.5. The summed E-state index contributed by atoms with van der Waals surface area (Å²) in [4.78, 5) is 0. The first-order chi connectivity index (χ1) is 10.2. The number of rotatable bonds is 4. The van der Waals surface area contributed by atoms with E-state index in [1.54, 1.807) is 0 Å². The van der Waals surface area contributed by atoms with Gasteiger partial charge in [0.05, 0.1) is 11.9 Å². The molecule has 0 unspecified atom stereocenters. The van der Waals surface area contributed by atoms with Crippen molar-refractivity contribution >= 4 is 0 Å². The Balaban J connectivity index is 0.000000220. The third kappa shape index (κ3) is 5.32. The zero-order valence-electron chi connectivity index (χ0n) is 15.3. The van der Waals surface area contributed by atoms with Gasteiger partial charge in [0, 0.05) is 24.2 Å². The lowest BCUT2D eigenvalue weighted by atomic mass is 10.1. The minimum atomic E-state index is 0.440. The van der Waals surface area contributed by atoms with Crippen molar-refractivity contribution in [2.45, 2.75) is 79.2 Å². The fourth-order valence-corrected chi connectivity index (χ4v) is 1.78. The predicted molar refractivity (Wildman–Crippen MR) is 91.4 cm³/mol. The molecule has 0 atom stereocenters. The Morgan fingerprint density at radius 2 is 1.55 bits per heavy atom. The van der Waals surface area contributed by atoms with Crippen LogP contribution in [0.1, 0.15) is 96.2 Å². The zero-order chi connectivity index (χ0) is 16.9. The van der Waals surface area contributed by atoms with Crippen LogP contribution in [-0.4, -0.2) is 14.9 Å². The van der Waals surface area contributed by atoms with Crippen LogP contribution in [-0.2, 0) is 0 Å². The van der Waals surface area contributed by atoms with E-state index in [1.807, 2.05) is 16.9 Å². The first kappa shape index (κ1) is 18.5. The van der Waals surface area contributed by atoms with E-state index in [0.717, 1.165) is 11.5 Å². The van der Waals surface area contributed by atoms with Crippen LogP contribution >= 0.6 is 0 Å². The lowest BCUT2D eigenvalue weighted by Crippen LogP contribution is -1.99. The minimum Gasteiger partial charge on any atom is -0.361 e. The van der Waals surface area contributed by atoms with Gasteiger partial charge in [0.1, 0.15) is 5.76 Å². The third-order valence-electron chi connectivity index (χ3n) is 3.52. The molecular formula is C18H31N3O. The Morgan fingerprint density at radius 3 is 1.82 bits per heavy atom. The molecule has 0 bridgehead atoms. The molecule has 0 saturated carbocycles. The summed E-state index contributed by atoms with van der Waals surface area (Å²) in [5.41, 5.74) is 2.37. The number of hydrogen-bond donors (Lipinski definition) is 0. The van der Waals surface area contributed by atoms with E-state index in [9.17, 15) is 0 Å². The third-order valence-corrected chi connectivity index (χ3v) is 3.52. The second kappa shape index (κ2) is 8.16. The average Bonchev–Trinajstić information content (AvgIpc) is 3.09.